The minimum Gasteiger partial charge on any atom is -0.423 e. The fourth-order valence-electron chi connectivity index (χ4n) is 5.86. The third kappa shape index (κ3) is 4.73. The molecule has 40 heavy (non-hydrogen) atoms. The zero-order valence-corrected chi connectivity index (χ0v) is 22.1. The highest BCUT2D eigenvalue weighted by atomic mass is 16.5. The molecule has 0 bridgehead atoms. The van der Waals surface area contributed by atoms with E-state index in [2.05, 4.69) is 0 Å². The summed E-state index contributed by atoms with van der Waals surface area (Å²) in [6.07, 6.45) is 0.624. The van der Waals surface area contributed by atoms with Gasteiger partial charge in [0.1, 0.15) is 0 Å². The molecule has 0 spiro atoms. The van der Waals surface area contributed by atoms with Gasteiger partial charge in [-0.05, 0) is 40.6 Å². The highest BCUT2D eigenvalue weighted by Gasteiger charge is 2.44. The predicted octanol–water partition coefficient (Wildman–Crippen LogP) is 3.41. The Morgan fingerprint density at radius 3 is 1.85 bits per heavy atom. The van der Waals surface area contributed by atoms with E-state index >= 15 is 0 Å². The Hall–Kier alpha value is -3.81. The molecule has 0 amide bonds. The number of carbonyl (C=O) groups excluding carboxylic acids is 2. The fraction of sp³-hybridized carbons (Fsp3) is 0.188. The highest BCUT2D eigenvalue weighted by molar-refractivity contribution is 6.60. The van der Waals surface area contributed by atoms with Crippen molar-refractivity contribution in [2.24, 2.45) is 0 Å². The molecule has 0 aliphatic heterocycles. The molecule has 0 saturated heterocycles. The Morgan fingerprint density at radius 2 is 1.27 bits per heavy atom. The molecule has 0 saturated carbocycles. The van der Waals surface area contributed by atoms with Crippen LogP contribution >= 0.6 is 0 Å². The largest absolute Gasteiger partial charge is 0.491 e. The number of benzene rings is 4. The fourth-order valence-corrected chi connectivity index (χ4v) is 5.86. The van der Waals surface area contributed by atoms with Crippen LogP contribution in [0.1, 0.15) is 68.8 Å². The molecule has 8 heteroatoms. The summed E-state index contributed by atoms with van der Waals surface area (Å²) in [5.41, 5.74) is 3.35. The van der Waals surface area contributed by atoms with Gasteiger partial charge in [-0.1, -0.05) is 91.9 Å². The Balaban J connectivity index is 1.43. The van der Waals surface area contributed by atoms with Gasteiger partial charge in [0, 0.05) is 35.1 Å². The quantitative estimate of drug-likeness (QED) is 0.314. The molecule has 0 aromatic heterocycles. The smallest absolute Gasteiger partial charge is 0.423 e. The standard InChI is InChI=1S/C32H28B2O6/c1-2-32(40-34(38)23-13-7-4-8-14-23)19-21-17-27-28(31(36)25-16-10-9-15-24(25)30(27)35)18-26(21)29(20-32)39-33(37)22-11-5-3-6-12-22/h3-18,29,37-38H,2,19-20H2,1H3/t29-,32-/m0/s1. The molecule has 2 N–H and O–H groups in total. The van der Waals surface area contributed by atoms with Crippen molar-refractivity contribution in [2.45, 2.75) is 37.9 Å². The molecule has 0 heterocycles. The first-order valence-corrected chi connectivity index (χ1v) is 13.5. The molecule has 0 fully saturated rings. The van der Waals surface area contributed by atoms with E-state index in [4.69, 9.17) is 9.31 Å². The van der Waals surface area contributed by atoms with Crippen LogP contribution in [0.3, 0.4) is 0 Å². The van der Waals surface area contributed by atoms with E-state index in [-0.39, 0.29) is 11.6 Å². The zero-order valence-electron chi connectivity index (χ0n) is 22.1. The molecule has 2 aliphatic carbocycles. The van der Waals surface area contributed by atoms with E-state index in [1.165, 1.54) is 0 Å². The Kier molecular flexibility index (Phi) is 7.02. The van der Waals surface area contributed by atoms with Gasteiger partial charge in [-0.3, -0.25) is 9.59 Å². The van der Waals surface area contributed by atoms with Crippen LogP contribution in [0.4, 0.5) is 0 Å². The normalized spacial score (nSPS) is 19.4. The zero-order chi connectivity index (χ0) is 27.9. The van der Waals surface area contributed by atoms with Crippen molar-refractivity contribution in [1.29, 1.82) is 0 Å². The molecule has 6 nitrogen and oxygen atoms in total. The van der Waals surface area contributed by atoms with Gasteiger partial charge in [0.15, 0.2) is 11.6 Å². The van der Waals surface area contributed by atoms with Crippen molar-refractivity contribution in [1.82, 2.24) is 0 Å². The minimum absolute atomic E-state index is 0.201. The topological polar surface area (TPSA) is 93.1 Å². The van der Waals surface area contributed by atoms with Gasteiger partial charge in [0.2, 0.25) is 0 Å². The number of ketones is 2. The first kappa shape index (κ1) is 26.4. The molecular weight excluding hydrogens is 502 g/mol. The molecule has 2 atom stereocenters. The maximum absolute atomic E-state index is 13.5. The van der Waals surface area contributed by atoms with Crippen molar-refractivity contribution in [3.63, 3.8) is 0 Å². The Labute approximate surface area is 233 Å². The van der Waals surface area contributed by atoms with E-state index in [1.807, 2.05) is 43.3 Å². The molecule has 4 aromatic carbocycles. The van der Waals surface area contributed by atoms with Crippen LogP contribution in [0.5, 0.6) is 0 Å². The summed E-state index contributed by atoms with van der Waals surface area (Å²) in [5.74, 6) is -0.411. The van der Waals surface area contributed by atoms with Crippen LogP contribution in [0.15, 0.2) is 97.1 Å². The lowest BCUT2D eigenvalue weighted by Crippen LogP contribution is -2.49. The Bertz CT molecular complexity index is 1580. The molecular formula is C32H28B2O6. The molecule has 198 valence electrons. The second kappa shape index (κ2) is 10.6. The number of rotatable bonds is 7. The maximum atomic E-state index is 13.5. The van der Waals surface area contributed by atoms with Crippen LogP contribution in [0.25, 0.3) is 0 Å². The molecule has 6 rings (SSSR count). The predicted molar refractivity (Wildman–Crippen MR) is 154 cm³/mol. The monoisotopic (exact) mass is 530 g/mol. The number of carbonyl (C=O) groups is 2. The summed E-state index contributed by atoms with van der Waals surface area (Å²) in [6.45, 7) is 1.98. The van der Waals surface area contributed by atoms with Crippen molar-refractivity contribution < 1.29 is 28.9 Å². The van der Waals surface area contributed by atoms with Gasteiger partial charge >= 0.3 is 14.2 Å². The summed E-state index contributed by atoms with van der Waals surface area (Å²) in [5, 5.41) is 22.1. The summed E-state index contributed by atoms with van der Waals surface area (Å²) < 4.78 is 12.6. The summed E-state index contributed by atoms with van der Waals surface area (Å²) in [4.78, 5) is 27.0. The minimum atomic E-state index is -1.22. The first-order chi connectivity index (χ1) is 19.4. The molecule has 0 unspecified atom stereocenters. The number of fused-ring (bicyclic) bond motifs is 3. The van der Waals surface area contributed by atoms with E-state index in [9.17, 15) is 19.6 Å². The second-order valence-electron chi connectivity index (χ2n) is 10.5. The summed E-state index contributed by atoms with van der Waals surface area (Å²) >= 11 is 0. The molecule has 2 aliphatic rings. The van der Waals surface area contributed by atoms with Gasteiger partial charge in [-0.25, -0.2) is 0 Å². The van der Waals surface area contributed by atoms with Crippen molar-refractivity contribution >= 4 is 36.7 Å². The third-order valence-corrected chi connectivity index (χ3v) is 8.07. The van der Waals surface area contributed by atoms with Crippen molar-refractivity contribution in [3.05, 3.63) is 130 Å². The average Bonchev–Trinajstić information content (AvgIpc) is 3.00. The van der Waals surface area contributed by atoms with Crippen molar-refractivity contribution in [2.75, 3.05) is 0 Å². The van der Waals surface area contributed by atoms with Gasteiger partial charge < -0.3 is 19.4 Å². The van der Waals surface area contributed by atoms with Gasteiger partial charge in [0.25, 0.3) is 0 Å². The van der Waals surface area contributed by atoms with E-state index in [0.29, 0.717) is 52.4 Å². The maximum Gasteiger partial charge on any atom is 0.491 e. The van der Waals surface area contributed by atoms with Gasteiger partial charge in [0.05, 0.1) is 11.7 Å². The summed E-state index contributed by atoms with van der Waals surface area (Å²) in [6, 6.07) is 28.6. The van der Waals surface area contributed by atoms with Crippen molar-refractivity contribution in [3.8, 4) is 0 Å². The van der Waals surface area contributed by atoms with E-state index in [1.54, 1.807) is 60.7 Å². The average molecular weight is 530 g/mol. The van der Waals surface area contributed by atoms with Crippen LogP contribution in [-0.4, -0.2) is 41.5 Å². The number of hydrogen-bond donors (Lipinski definition) is 2. The van der Waals surface area contributed by atoms with Crippen LogP contribution in [0, 0.1) is 0 Å². The lowest BCUT2D eigenvalue weighted by Gasteiger charge is -2.43. The Morgan fingerprint density at radius 1 is 0.750 bits per heavy atom. The second-order valence-corrected chi connectivity index (χ2v) is 10.5. The van der Waals surface area contributed by atoms with E-state index < -0.39 is 25.9 Å². The summed E-state index contributed by atoms with van der Waals surface area (Å²) in [7, 11) is -2.39. The van der Waals surface area contributed by atoms with Crippen LogP contribution < -0.4 is 10.9 Å². The van der Waals surface area contributed by atoms with Gasteiger partial charge in [-0.2, -0.15) is 0 Å². The van der Waals surface area contributed by atoms with Gasteiger partial charge in [-0.15, -0.1) is 0 Å². The highest BCUT2D eigenvalue weighted by Crippen LogP contribution is 2.44. The van der Waals surface area contributed by atoms with E-state index in [0.717, 1.165) is 11.1 Å². The van der Waals surface area contributed by atoms with Crippen LogP contribution in [-0.2, 0) is 15.7 Å². The molecule has 4 aromatic rings. The lowest BCUT2D eigenvalue weighted by atomic mass is 9.70. The number of hydrogen-bond acceptors (Lipinski definition) is 6. The molecule has 0 radical (unpaired) electrons. The first-order valence-electron chi connectivity index (χ1n) is 13.5. The third-order valence-electron chi connectivity index (χ3n) is 8.07. The lowest BCUT2D eigenvalue weighted by molar-refractivity contribution is -0.0119. The SMILES string of the molecule is CC[C@]1(OB(O)c2ccccc2)Cc2cc3c(cc2[C@@H](OB(O)c2ccccc2)C1)C(=O)c1ccccc1C3=O. The van der Waals surface area contributed by atoms with Crippen LogP contribution in [0.2, 0.25) is 0 Å².